The third kappa shape index (κ3) is 20.0. The first kappa shape index (κ1) is 29.4. The van der Waals surface area contributed by atoms with Crippen molar-refractivity contribution in [3.05, 3.63) is 0 Å². The van der Waals surface area contributed by atoms with Crippen LogP contribution in [0.2, 0.25) is 0 Å². The van der Waals surface area contributed by atoms with Gasteiger partial charge in [0.2, 0.25) is 17.7 Å². The summed E-state index contributed by atoms with van der Waals surface area (Å²) in [6.07, 6.45) is 1.45. The summed E-state index contributed by atoms with van der Waals surface area (Å²) >= 11 is 0. The highest BCUT2D eigenvalue weighted by Crippen LogP contribution is 2.19. The fourth-order valence-corrected chi connectivity index (χ4v) is 3.03. The van der Waals surface area contributed by atoms with E-state index in [1.165, 1.54) is 0 Å². The first-order chi connectivity index (χ1) is 14.0. The summed E-state index contributed by atoms with van der Waals surface area (Å²) in [7, 11) is 0. The van der Waals surface area contributed by atoms with E-state index >= 15 is 0 Å². The second kappa shape index (κ2) is 13.0. The van der Waals surface area contributed by atoms with E-state index in [2.05, 4.69) is 20.9 Å². The molecule has 0 saturated heterocycles. The Morgan fingerprint density at radius 2 is 0.742 bits per heavy atom. The minimum absolute atomic E-state index is 0.0432. The van der Waals surface area contributed by atoms with Crippen LogP contribution in [0.4, 0.5) is 0 Å². The van der Waals surface area contributed by atoms with E-state index in [0.717, 1.165) is 0 Å². The van der Waals surface area contributed by atoms with Gasteiger partial charge in [-0.1, -0.05) is 62.3 Å². The van der Waals surface area contributed by atoms with Gasteiger partial charge in [0.25, 0.3) is 0 Å². The molecule has 0 saturated carbocycles. The van der Waals surface area contributed by atoms with Crippen LogP contribution in [0.25, 0.3) is 0 Å². The van der Waals surface area contributed by atoms with Crippen LogP contribution in [0.1, 0.15) is 81.6 Å². The number of carbonyl (C=O) groups excluding carboxylic acids is 3. The molecule has 0 spiro atoms. The van der Waals surface area contributed by atoms with Crippen molar-refractivity contribution in [1.82, 2.24) is 20.9 Å². The molecule has 0 aromatic rings. The molecule has 0 fully saturated rings. The Labute approximate surface area is 190 Å². The molecule has 0 aliphatic heterocycles. The van der Waals surface area contributed by atoms with Gasteiger partial charge in [-0.25, -0.2) is 0 Å². The molecule has 0 aromatic carbocycles. The molecule has 0 bridgehead atoms. The Bertz CT molecular complexity index is 488. The van der Waals surface area contributed by atoms with Gasteiger partial charge in [-0.15, -0.1) is 0 Å². The average molecular weight is 441 g/mol. The lowest BCUT2D eigenvalue weighted by Gasteiger charge is -2.24. The smallest absolute Gasteiger partial charge is 0.220 e. The maximum absolute atomic E-state index is 12.1. The molecule has 0 atom stereocenters. The molecular formula is C24H48N4O3. The van der Waals surface area contributed by atoms with Crippen molar-refractivity contribution in [3.8, 4) is 0 Å². The molecule has 0 aliphatic rings. The molecule has 0 aromatic heterocycles. The molecule has 0 aliphatic carbocycles. The standard InChI is InChI=1S/C24H48N4O3/c1-22(2,3)16-19(29)25-10-13-28(14-11-26-20(30)17-23(4,5)6)15-12-27-21(31)18-24(7,8)9/h10-18H2,1-9H3,(H,25,29)(H,26,30)(H,27,31). The van der Waals surface area contributed by atoms with Gasteiger partial charge in [0.05, 0.1) is 0 Å². The Hall–Kier alpha value is -1.63. The van der Waals surface area contributed by atoms with Crippen molar-refractivity contribution in [3.63, 3.8) is 0 Å². The summed E-state index contributed by atoms with van der Waals surface area (Å²) in [6.45, 7) is 22.0. The molecule has 31 heavy (non-hydrogen) atoms. The number of nitrogens with one attached hydrogen (secondary N) is 3. The van der Waals surface area contributed by atoms with Crippen molar-refractivity contribution >= 4 is 17.7 Å². The topological polar surface area (TPSA) is 90.5 Å². The van der Waals surface area contributed by atoms with Gasteiger partial charge in [-0.05, 0) is 16.2 Å². The summed E-state index contributed by atoms with van der Waals surface area (Å²) < 4.78 is 0. The highest BCUT2D eigenvalue weighted by Gasteiger charge is 2.18. The maximum atomic E-state index is 12.1. The second-order valence-electron chi connectivity index (χ2n) is 12.1. The Morgan fingerprint density at radius 1 is 0.516 bits per heavy atom. The third-order valence-electron chi connectivity index (χ3n) is 4.32. The minimum Gasteiger partial charge on any atom is -0.355 e. The molecule has 7 heteroatoms. The van der Waals surface area contributed by atoms with Crippen LogP contribution in [0.15, 0.2) is 0 Å². The largest absolute Gasteiger partial charge is 0.355 e. The fraction of sp³-hybridized carbons (Fsp3) is 0.875. The number of amides is 3. The van der Waals surface area contributed by atoms with Crippen molar-refractivity contribution < 1.29 is 14.4 Å². The van der Waals surface area contributed by atoms with E-state index in [9.17, 15) is 14.4 Å². The van der Waals surface area contributed by atoms with E-state index in [1.807, 2.05) is 62.3 Å². The molecule has 182 valence electrons. The SMILES string of the molecule is CC(C)(C)CC(=O)NCCN(CCNC(=O)CC(C)(C)C)CCNC(=O)CC(C)(C)C. The molecular weight excluding hydrogens is 392 g/mol. The Morgan fingerprint density at radius 3 is 0.935 bits per heavy atom. The van der Waals surface area contributed by atoms with E-state index in [1.54, 1.807) is 0 Å². The van der Waals surface area contributed by atoms with Crippen LogP contribution >= 0.6 is 0 Å². The van der Waals surface area contributed by atoms with E-state index in [4.69, 9.17) is 0 Å². The summed E-state index contributed by atoms with van der Waals surface area (Å²) in [5.41, 5.74) is -0.130. The Balaban J connectivity index is 4.55. The van der Waals surface area contributed by atoms with Gasteiger partial charge in [0.15, 0.2) is 0 Å². The van der Waals surface area contributed by atoms with Crippen LogP contribution in [0.3, 0.4) is 0 Å². The molecule has 7 nitrogen and oxygen atoms in total. The fourth-order valence-electron chi connectivity index (χ4n) is 3.03. The highest BCUT2D eigenvalue weighted by molar-refractivity contribution is 5.77. The van der Waals surface area contributed by atoms with Crippen LogP contribution in [-0.2, 0) is 14.4 Å². The van der Waals surface area contributed by atoms with Crippen LogP contribution in [-0.4, -0.2) is 61.9 Å². The normalized spacial score (nSPS) is 12.6. The molecule has 3 amide bonds. The average Bonchev–Trinajstić information content (AvgIpc) is 2.49. The van der Waals surface area contributed by atoms with Crippen molar-refractivity contribution in [2.45, 2.75) is 81.6 Å². The van der Waals surface area contributed by atoms with Gasteiger partial charge in [0, 0.05) is 58.5 Å². The number of carbonyl (C=O) groups is 3. The zero-order valence-electron chi connectivity index (χ0n) is 21.5. The number of hydrogen-bond donors (Lipinski definition) is 3. The predicted molar refractivity (Wildman–Crippen MR) is 128 cm³/mol. The van der Waals surface area contributed by atoms with Gasteiger partial charge in [0.1, 0.15) is 0 Å². The van der Waals surface area contributed by atoms with E-state index in [0.29, 0.717) is 58.5 Å². The maximum Gasteiger partial charge on any atom is 0.220 e. The minimum atomic E-state index is -0.0432. The first-order valence-corrected chi connectivity index (χ1v) is 11.5. The lowest BCUT2D eigenvalue weighted by Crippen LogP contribution is -2.43. The first-order valence-electron chi connectivity index (χ1n) is 11.5. The molecule has 3 N–H and O–H groups in total. The lowest BCUT2D eigenvalue weighted by molar-refractivity contribution is -0.123. The molecule has 0 unspecified atom stereocenters. The van der Waals surface area contributed by atoms with Crippen LogP contribution < -0.4 is 16.0 Å². The van der Waals surface area contributed by atoms with Crippen molar-refractivity contribution in [1.29, 1.82) is 0 Å². The molecule has 0 heterocycles. The van der Waals surface area contributed by atoms with Gasteiger partial charge in [-0.3, -0.25) is 19.3 Å². The zero-order chi connectivity index (χ0) is 24.3. The number of nitrogens with zero attached hydrogens (tertiary/aromatic N) is 1. The third-order valence-corrected chi connectivity index (χ3v) is 4.32. The van der Waals surface area contributed by atoms with Crippen molar-refractivity contribution in [2.24, 2.45) is 16.2 Å². The molecule has 0 radical (unpaired) electrons. The van der Waals surface area contributed by atoms with E-state index < -0.39 is 0 Å². The van der Waals surface area contributed by atoms with E-state index in [-0.39, 0.29) is 34.0 Å². The lowest BCUT2D eigenvalue weighted by atomic mass is 9.92. The summed E-state index contributed by atoms with van der Waals surface area (Å²) in [6, 6.07) is 0. The zero-order valence-corrected chi connectivity index (χ0v) is 21.5. The summed E-state index contributed by atoms with van der Waals surface area (Å²) in [5, 5.41) is 8.92. The van der Waals surface area contributed by atoms with Crippen LogP contribution in [0.5, 0.6) is 0 Å². The monoisotopic (exact) mass is 440 g/mol. The summed E-state index contributed by atoms with van der Waals surface area (Å²) in [4.78, 5) is 38.4. The quantitative estimate of drug-likeness (QED) is 0.435. The van der Waals surface area contributed by atoms with Crippen molar-refractivity contribution in [2.75, 3.05) is 39.3 Å². The van der Waals surface area contributed by atoms with Gasteiger partial charge >= 0.3 is 0 Å². The number of hydrogen-bond acceptors (Lipinski definition) is 4. The summed E-state index contributed by atoms with van der Waals surface area (Å²) in [5.74, 6) is 0.137. The van der Waals surface area contributed by atoms with Gasteiger partial charge < -0.3 is 16.0 Å². The second-order valence-corrected chi connectivity index (χ2v) is 12.1. The number of rotatable bonds is 12. The Kier molecular flexibility index (Phi) is 12.4. The highest BCUT2D eigenvalue weighted by atomic mass is 16.2. The molecule has 0 rings (SSSR count). The predicted octanol–water partition coefficient (Wildman–Crippen LogP) is 2.95. The van der Waals surface area contributed by atoms with Gasteiger partial charge in [-0.2, -0.15) is 0 Å². The van der Waals surface area contributed by atoms with Crippen LogP contribution in [0, 0.1) is 16.2 Å².